The first-order valence-corrected chi connectivity index (χ1v) is 7.44. The van der Waals surface area contributed by atoms with Gasteiger partial charge in [0.05, 0.1) is 0 Å². The number of hydrogen-bond donors (Lipinski definition) is 1. The summed E-state index contributed by atoms with van der Waals surface area (Å²) in [6.45, 7) is 3.12. The lowest BCUT2D eigenvalue weighted by Crippen LogP contribution is -2.33. The van der Waals surface area contributed by atoms with Gasteiger partial charge >= 0.3 is 0 Å². The van der Waals surface area contributed by atoms with Crippen molar-refractivity contribution in [1.82, 2.24) is 0 Å². The van der Waals surface area contributed by atoms with Crippen molar-refractivity contribution < 1.29 is 0 Å². The van der Waals surface area contributed by atoms with Crippen LogP contribution in [0.3, 0.4) is 0 Å². The standard InChI is InChI=1S/C17H18N2S/c1-2-13-6-5-8-15(12-13)18-17(20)19-11-10-14-7-3-4-9-16(14)19/h3-9,12H,2,10-11H2,1H3,(H,18,20). The summed E-state index contributed by atoms with van der Waals surface area (Å²) in [4.78, 5) is 2.18. The van der Waals surface area contributed by atoms with Gasteiger partial charge in [-0.25, -0.2) is 0 Å². The highest BCUT2D eigenvalue weighted by atomic mass is 32.1. The molecule has 0 spiro atoms. The fourth-order valence-corrected chi connectivity index (χ4v) is 2.92. The van der Waals surface area contributed by atoms with E-state index in [4.69, 9.17) is 12.2 Å². The molecule has 0 saturated heterocycles. The molecule has 0 aromatic heterocycles. The zero-order chi connectivity index (χ0) is 13.9. The van der Waals surface area contributed by atoms with Gasteiger partial charge in [0, 0.05) is 17.9 Å². The topological polar surface area (TPSA) is 15.3 Å². The van der Waals surface area contributed by atoms with Crippen LogP contribution in [0.4, 0.5) is 11.4 Å². The molecule has 2 aromatic carbocycles. The van der Waals surface area contributed by atoms with E-state index >= 15 is 0 Å². The molecule has 0 aliphatic carbocycles. The maximum Gasteiger partial charge on any atom is 0.177 e. The van der Waals surface area contributed by atoms with Crippen molar-refractivity contribution in [2.24, 2.45) is 0 Å². The maximum absolute atomic E-state index is 5.57. The third kappa shape index (κ3) is 2.54. The number of para-hydroxylation sites is 1. The molecular formula is C17H18N2S. The van der Waals surface area contributed by atoms with E-state index in [-0.39, 0.29) is 0 Å². The maximum atomic E-state index is 5.57. The quantitative estimate of drug-likeness (QED) is 0.838. The molecule has 1 aliphatic rings. The summed E-state index contributed by atoms with van der Waals surface area (Å²) < 4.78 is 0. The van der Waals surface area contributed by atoms with Crippen LogP contribution in [0.15, 0.2) is 48.5 Å². The van der Waals surface area contributed by atoms with E-state index < -0.39 is 0 Å². The SMILES string of the molecule is CCc1cccc(NC(=S)N2CCc3ccccc32)c1. The summed E-state index contributed by atoms with van der Waals surface area (Å²) in [6, 6.07) is 16.9. The van der Waals surface area contributed by atoms with Crippen LogP contribution in [0.5, 0.6) is 0 Å². The summed E-state index contributed by atoms with van der Waals surface area (Å²) in [6.07, 6.45) is 2.10. The fourth-order valence-electron chi connectivity index (χ4n) is 2.61. The Balaban J connectivity index is 1.77. The van der Waals surface area contributed by atoms with E-state index in [1.807, 2.05) is 0 Å². The van der Waals surface area contributed by atoms with E-state index in [1.165, 1.54) is 16.8 Å². The highest BCUT2D eigenvalue weighted by Crippen LogP contribution is 2.28. The Morgan fingerprint density at radius 1 is 1.20 bits per heavy atom. The van der Waals surface area contributed by atoms with Crippen molar-refractivity contribution >= 4 is 28.7 Å². The zero-order valence-corrected chi connectivity index (χ0v) is 12.4. The molecule has 0 unspecified atom stereocenters. The Kier molecular flexibility index (Phi) is 3.70. The molecule has 1 N–H and O–H groups in total. The molecule has 3 rings (SSSR count). The number of rotatable bonds is 2. The Hall–Kier alpha value is -1.87. The summed E-state index contributed by atoms with van der Waals surface area (Å²) in [7, 11) is 0. The zero-order valence-electron chi connectivity index (χ0n) is 11.6. The number of aryl methyl sites for hydroxylation is 1. The molecule has 0 radical (unpaired) electrons. The first kappa shape index (κ1) is 13.1. The third-order valence-corrected chi connectivity index (χ3v) is 4.04. The van der Waals surface area contributed by atoms with E-state index in [0.717, 1.165) is 30.2 Å². The minimum Gasteiger partial charge on any atom is -0.332 e. The number of hydrogen-bond acceptors (Lipinski definition) is 1. The number of fused-ring (bicyclic) bond motifs is 1. The number of benzene rings is 2. The number of nitrogens with zero attached hydrogens (tertiary/aromatic N) is 1. The second-order valence-electron chi connectivity index (χ2n) is 5.01. The molecule has 1 aliphatic heterocycles. The normalized spacial score (nSPS) is 13.2. The predicted molar refractivity (Wildman–Crippen MR) is 89.5 cm³/mol. The van der Waals surface area contributed by atoms with Gasteiger partial charge in [0.25, 0.3) is 0 Å². The smallest absolute Gasteiger partial charge is 0.177 e. The average molecular weight is 282 g/mol. The molecule has 0 bridgehead atoms. The minimum atomic E-state index is 0.781. The number of thiocarbonyl (C=S) groups is 1. The van der Waals surface area contributed by atoms with Gasteiger partial charge in [-0.15, -0.1) is 0 Å². The van der Waals surface area contributed by atoms with Gasteiger partial charge in [0.15, 0.2) is 5.11 Å². The average Bonchev–Trinajstić information content (AvgIpc) is 2.91. The van der Waals surface area contributed by atoms with Crippen LogP contribution in [0.2, 0.25) is 0 Å². The van der Waals surface area contributed by atoms with E-state index in [0.29, 0.717) is 0 Å². The molecule has 1 heterocycles. The molecule has 0 amide bonds. The van der Waals surface area contributed by atoms with Crippen LogP contribution in [0.25, 0.3) is 0 Å². The molecule has 20 heavy (non-hydrogen) atoms. The number of anilines is 2. The van der Waals surface area contributed by atoms with Crippen molar-refractivity contribution in [3.63, 3.8) is 0 Å². The first-order chi connectivity index (χ1) is 9.78. The van der Waals surface area contributed by atoms with Crippen LogP contribution in [-0.2, 0) is 12.8 Å². The van der Waals surface area contributed by atoms with Crippen LogP contribution in [0.1, 0.15) is 18.1 Å². The van der Waals surface area contributed by atoms with Crippen molar-refractivity contribution in [1.29, 1.82) is 0 Å². The van der Waals surface area contributed by atoms with Gasteiger partial charge in [-0.3, -0.25) is 0 Å². The van der Waals surface area contributed by atoms with Gasteiger partial charge in [-0.1, -0.05) is 37.3 Å². The fraction of sp³-hybridized carbons (Fsp3) is 0.235. The molecule has 0 atom stereocenters. The van der Waals surface area contributed by atoms with Crippen molar-refractivity contribution in [2.75, 3.05) is 16.8 Å². The van der Waals surface area contributed by atoms with Crippen LogP contribution >= 0.6 is 12.2 Å². The van der Waals surface area contributed by atoms with Crippen molar-refractivity contribution in [3.8, 4) is 0 Å². The van der Waals surface area contributed by atoms with E-state index in [9.17, 15) is 0 Å². The lowest BCUT2D eigenvalue weighted by Gasteiger charge is -2.21. The molecule has 2 nitrogen and oxygen atoms in total. The summed E-state index contributed by atoms with van der Waals surface area (Å²) in [5, 5.41) is 4.14. The Bertz CT molecular complexity index is 636. The Morgan fingerprint density at radius 3 is 2.90 bits per heavy atom. The molecule has 3 heteroatoms. The van der Waals surface area contributed by atoms with Crippen molar-refractivity contribution in [2.45, 2.75) is 19.8 Å². The highest BCUT2D eigenvalue weighted by Gasteiger charge is 2.21. The van der Waals surface area contributed by atoms with Gasteiger partial charge in [-0.2, -0.15) is 0 Å². The summed E-state index contributed by atoms with van der Waals surface area (Å²) >= 11 is 5.57. The van der Waals surface area contributed by atoms with Crippen LogP contribution < -0.4 is 10.2 Å². The Morgan fingerprint density at radius 2 is 2.05 bits per heavy atom. The van der Waals surface area contributed by atoms with Gasteiger partial charge in [-0.05, 0) is 54.4 Å². The number of nitrogens with one attached hydrogen (secondary N) is 1. The molecule has 2 aromatic rings. The highest BCUT2D eigenvalue weighted by molar-refractivity contribution is 7.80. The predicted octanol–water partition coefficient (Wildman–Crippen LogP) is 4.01. The lowest BCUT2D eigenvalue weighted by molar-refractivity contribution is 1.03. The molecule has 0 saturated carbocycles. The first-order valence-electron chi connectivity index (χ1n) is 7.03. The molecule has 102 valence electrons. The van der Waals surface area contributed by atoms with Gasteiger partial charge in [0.2, 0.25) is 0 Å². The lowest BCUT2D eigenvalue weighted by atomic mass is 10.1. The molecule has 0 fully saturated rings. The van der Waals surface area contributed by atoms with E-state index in [2.05, 4.69) is 65.7 Å². The van der Waals surface area contributed by atoms with Crippen LogP contribution in [0, 0.1) is 0 Å². The van der Waals surface area contributed by atoms with Gasteiger partial charge < -0.3 is 10.2 Å². The summed E-state index contributed by atoms with van der Waals surface area (Å²) in [5.74, 6) is 0. The monoisotopic (exact) mass is 282 g/mol. The van der Waals surface area contributed by atoms with Gasteiger partial charge in [0.1, 0.15) is 0 Å². The second-order valence-corrected chi connectivity index (χ2v) is 5.40. The largest absolute Gasteiger partial charge is 0.332 e. The third-order valence-electron chi connectivity index (χ3n) is 3.72. The van der Waals surface area contributed by atoms with E-state index in [1.54, 1.807) is 0 Å². The second kappa shape index (κ2) is 5.63. The Labute approximate surface area is 125 Å². The van der Waals surface area contributed by atoms with Crippen molar-refractivity contribution in [3.05, 3.63) is 59.7 Å². The minimum absolute atomic E-state index is 0.781. The summed E-state index contributed by atoms with van der Waals surface area (Å²) in [5.41, 5.74) is 4.99. The van der Waals surface area contributed by atoms with Crippen LogP contribution in [-0.4, -0.2) is 11.7 Å². The molecular weight excluding hydrogens is 264 g/mol.